The van der Waals surface area contributed by atoms with Crippen molar-refractivity contribution in [1.29, 1.82) is 0 Å². The smallest absolute Gasteiger partial charge is 0.333 e. The van der Waals surface area contributed by atoms with E-state index in [0.717, 1.165) is 25.7 Å². The first-order valence-corrected chi connectivity index (χ1v) is 15.1. The number of rotatable bonds is 27. The number of hydrogen-bond donors (Lipinski definition) is 0. The highest BCUT2D eigenvalue weighted by atomic mass is 16.5. The first-order valence-electron chi connectivity index (χ1n) is 15.1. The molecule has 0 aliphatic carbocycles. The standard InChI is InChI=1S/C31H58O4/c1-4-6-8-10-12-14-16-18-20-22-24-26-34-30(32)28-29(3)31(33)35-27-25-23-21-19-17-15-13-11-9-7-5-2/h3-28H2,1-2H3. The molecular weight excluding hydrogens is 436 g/mol. The van der Waals surface area contributed by atoms with E-state index in [9.17, 15) is 9.59 Å². The Morgan fingerprint density at radius 3 is 1.17 bits per heavy atom. The summed E-state index contributed by atoms with van der Waals surface area (Å²) in [5.74, 6) is -0.850. The van der Waals surface area contributed by atoms with Crippen LogP contribution < -0.4 is 0 Å². The van der Waals surface area contributed by atoms with Gasteiger partial charge in [-0.2, -0.15) is 0 Å². The molecule has 0 aliphatic rings. The summed E-state index contributed by atoms with van der Waals surface area (Å²) in [6.07, 6.45) is 27.7. The van der Waals surface area contributed by atoms with E-state index < -0.39 is 5.97 Å². The van der Waals surface area contributed by atoms with E-state index >= 15 is 0 Å². The van der Waals surface area contributed by atoms with Crippen molar-refractivity contribution in [1.82, 2.24) is 0 Å². The molecule has 0 atom stereocenters. The molecule has 4 heteroatoms. The number of esters is 2. The van der Waals surface area contributed by atoms with Gasteiger partial charge in [-0.1, -0.05) is 149 Å². The van der Waals surface area contributed by atoms with Crippen molar-refractivity contribution < 1.29 is 19.1 Å². The van der Waals surface area contributed by atoms with Crippen molar-refractivity contribution in [3.8, 4) is 0 Å². The highest BCUT2D eigenvalue weighted by Crippen LogP contribution is 2.13. The number of hydrogen-bond acceptors (Lipinski definition) is 4. The van der Waals surface area contributed by atoms with Gasteiger partial charge in [0.15, 0.2) is 0 Å². The van der Waals surface area contributed by atoms with E-state index in [0.29, 0.717) is 13.2 Å². The zero-order valence-corrected chi connectivity index (χ0v) is 23.5. The van der Waals surface area contributed by atoms with E-state index in [1.54, 1.807) is 0 Å². The third kappa shape index (κ3) is 25.6. The lowest BCUT2D eigenvalue weighted by Crippen LogP contribution is -2.14. The van der Waals surface area contributed by atoms with Crippen molar-refractivity contribution in [2.45, 2.75) is 162 Å². The Morgan fingerprint density at radius 1 is 0.486 bits per heavy atom. The lowest BCUT2D eigenvalue weighted by Gasteiger charge is -2.08. The maximum absolute atomic E-state index is 12.0. The summed E-state index contributed by atoms with van der Waals surface area (Å²) in [5.41, 5.74) is 0.192. The SMILES string of the molecule is C=C(CC(=O)OCCCCCCCCCCCCC)C(=O)OCCCCCCCCCCCCC. The maximum Gasteiger partial charge on any atom is 0.333 e. The molecule has 0 saturated heterocycles. The second kappa shape index (κ2) is 27.3. The quantitative estimate of drug-likeness (QED) is 0.0648. The van der Waals surface area contributed by atoms with Crippen LogP contribution in [0.4, 0.5) is 0 Å². The van der Waals surface area contributed by atoms with Crippen LogP contribution in [0, 0.1) is 0 Å². The second-order valence-corrected chi connectivity index (χ2v) is 10.2. The molecule has 0 aromatic rings. The number of carbonyl (C=O) groups is 2. The van der Waals surface area contributed by atoms with Gasteiger partial charge in [0.05, 0.1) is 19.6 Å². The third-order valence-corrected chi connectivity index (χ3v) is 6.64. The summed E-state index contributed by atoms with van der Waals surface area (Å²) in [6.45, 7) is 9.04. The Morgan fingerprint density at radius 2 is 0.800 bits per heavy atom. The van der Waals surface area contributed by atoms with E-state index in [4.69, 9.17) is 9.47 Å². The summed E-state index contributed by atoms with van der Waals surface area (Å²) < 4.78 is 10.5. The molecule has 0 N–H and O–H groups in total. The van der Waals surface area contributed by atoms with Gasteiger partial charge in [-0.05, 0) is 12.8 Å². The van der Waals surface area contributed by atoms with Crippen LogP contribution in [0.5, 0.6) is 0 Å². The van der Waals surface area contributed by atoms with Crippen molar-refractivity contribution in [2.24, 2.45) is 0 Å². The fourth-order valence-electron chi connectivity index (χ4n) is 4.28. The van der Waals surface area contributed by atoms with Crippen molar-refractivity contribution in [3.05, 3.63) is 12.2 Å². The lowest BCUT2D eigenvalue weighted by molar-refractivity contribution is -0.146. The van der Waals surface area contributed by atoms with Gasteiger partial charge >= 0.3 is 11.9 Å². The summed E-state index contributed by atoms with van der Waals surface area (Å²) in [6, 6.07) is 0. The van der Waals surface area contributed by atoms with E-state index in [-0.39, 0.29) is 18.0 Å². The normalized spacial score (nSPS) is 10.9. The minimum Gasteiger partial charge on any atom is -0.465 e. The van der Waals surface area contributed by atoms with Crippen molar-refractivity contribution >= 4 is 11.9 Å². The molecule has 0 bridgehead atoms. The predicted molar refractivity (Wildman–Crippen MR) is 149 cm³/mol. The van der Waals surface area contributed by atoms with E-state index in [1.165, 1.54) is 116 Å². The largest absolute Gasteiger partial charge is 0.465 e. The van der Waals surface area contributed by atoms with Crippen LogP contribution >= 0.6 is 0 Å². The Bertz CT molecular complexity index is 500. The molecule has 4 nitrogen and oxygen atoms in total. The van der Waals surface area contributed by atoms with Crippen molar-refractivity contribution in [2.75, 3.05) is 13.2 Å². The fraction of sp³-hybridized carbons (Fsp3) is 0.871. The number of ether oxygens (including phenoxy) is 2. The molecule has 0 spiro atoms. The molecule has 0 fully saturated rings. The minimum absolute atomic E-state index is 0.0743. The van der Waals surface area contributed by atoms with Crippen LogP contribution in [0.25, 0.3) is 0 Å². The molecule has 0 radical (unpaired) electrons. The summed E-state index contributed by atoms with van der Waals surface area (Å²) in [7, 11) is 0. The summed E-state index contributed by atoms with van der Waals surface area (Å²) >= 11 is 0. The Balaban J connectivity index is 3.45. The average molecular weight is 495 g/mol. The average Bonchev–Trinajstić information content (AvgIpc) is 2.85. The zero-order chi connectivity index (χ0) is 25.8. The topological polar surface area (TPSA) is 52.6 Å². The maximum atomic E-state index is 12.0. The molecule has 206 valence electrons. The molecule has 0 amide bonds. The lowest BCUT2D eigenvalue weighted by atomic mass is 10.1. The Kier molecular flexibility index (Phi) is 26.2. The zero-order valence-electron chi connectivity index (χ0n) is 23.5. The second-order valence-electron chi connectivity index (χ2n) is 10.2. The molecule has 0 saturated carbocycles. The molecule has 0 unspecified atom stereocenters. The minimum atomic E-state index is -0.469. The fourth-order valence-corrected chi connectivity index (χ4v) is 4.28. The van der Waals surface area contributed by atoms with E-state index in [2.05, 4.69) is 20.4 Å². The van der Waals surface area contributed by atoms with Gasteiger partial charge in [-0.3, -0.25) is 4.79 Å². The van der Waals surface area contributed by atoms with Gasteiger partial charge in [-0.25, -0.2) is 4.79 Å². The molecule has 0 heterocycles. The van der Waals surface area contributed by atoms with Gasteiger partial charge in [0.2, 0.25) is 0 Å². The van der Waals surface area contributed by atoms with Crippen LogP contribution in [0.15, 0.2) is 12.2 Å². The molecule has 0 rings (SSSR count). The van der Waals surface area contributed by atoms with Gasteiger partial charge < -0.3 is 9.47 Å². The first-order chi connectivity index (χ1) is 17.1. The molecule has 0 aromatic carbocycles. The molecule has 35 heavy (non-hydrogen) atoms. The van der Waals surface area contributed by atoms with Crippen molar-refractivity contribution in [3.63, 3.8) is 0 Å². The van der Waals surface area contributed by atoms with Crippen LogP contribution in [0.1, 0.15) is 162 Å². The number of unbranched alkanes of at least 4 members (excludes halogenated alkanes) is 20. The van der Waals surface area contributed by atoms with Crippen LogP contribution in [0.2, 0.25) is 0 Å². The number of carbonyl (C=O) groups excluding carboxylic acids is 2. The summed E-state index contributed by atoms with van der Waals surface area (Å²) in [5, 5.41) is 0. The predicted octanol–water partition coefficient (Wildman–Crippen LogP) is 9.64. The first kappa shape index (κ1) is 33.7. The monoisotopic (exact) mass is 494 g/mol. The summed E-state index contributed by atoms with van der Waals surface area (Å²) in [4.78, 5) is 23.9. The van der Waals surface area contributed by atoms with Crippen LogP contribution in [-0.2, 0) is 19.1 Å². The van der Waals surface area contributed by atoms with E-state index in [1.807, 2.05) is 0 Å². The molecule has 0 aromatic heterocycles. The third-order valence-electron chi connectivity index (χ3n) is 6.64. The van der Waals surface area contributed by atoms with Gasteiger partial charge in [0.1, 0.15) is 0 Å². The highest BCUT2D eigenvalue weighted by molar-refractivity contribution is 5.93. The Labute approximate surface area is 218 Å². The molecule has 0 aliphatic heterocycles. The van der Waals surface area contributed by atoms with Gasteiger partial charge in [-0.15, -0.1) is 0 Å². The Hall–Kier alpha value is -1.32. The van der Waals surface area contributed by atoms with Crippen LogP contribution in [-0.4, -0.2) is 25.2 Å². The van der Waals surface area contributed by atoms with Gasteiger partial charge in [0, 0.05) is 5.57 Å². The van der Waals surface area contributed by atoms with Crippen LogP contribution in [0.3, 0.4) is 0 Å². The molecular formula is C31H58O4. The van der Waals surface area contributed by atoms with Gasteiger partial charge in [0.25, 0.3) is 0 Å². The highest BCUT2D eigenvalue weighted by Gasteiger charge is 2.14.